The fourth-order valence-corrected chi connectivity index (χ4v) is 1.45. The van der Waals surface area contributed by atoms with Crippen LogP contribution in [0.4, 0.5) is 11.4 Å². The standard InChI is InChI=1S/C14H14N2/c1-11-7-6-10-14(12(11)2)16-15-13-8-4-3-5-9-13/h3-10H,1-2H3. The average molecular weight is 210 g/mol. The van der Waals surface area contributed by atoms with Gasteiger partial charge in [-0.25, -0.2) is 0 Å². The Morgan fingerprint density at radius 3 is 2.25 bits per heavy atom. The van der Waals surface area contributed by atoms with Crippen molar-refractivity contribution >= 4 is 11.4 Å². The summed E-state index contributed by atoms with van der Waals surface area (Å²) < 4.78 is 0. The van der Waals surface area contributed by atoms with E-state index in [-0.39, 0.29) is 0 Å². The highest BCUT2D eigenvalue weighted by atomic mass is 15.1. The maximum atomic E-state index is 4.26. The summed E-state index contributed by atoms with van der Waals surface area (Å²) in [6.07, 6.45) is 0. The van der Waals surface area contributed by atoms with Crippen molar-refractivity contribution in [3.8, 4) is 0 Å². The first-order valence-corrected chi connectivity index (χ1v) is 5.30. The minimum absolute atomic E-state index is 0.878. The molecular weight excluding hydrogens is 196 g/mol. The molecule has 16 heavy (non-hydrogen) atoms. The molecule has 0 N–H and O–H groups in total. The summed E-state index contributed by atoms with van der Waals surface area (Å²) in [7, 11) is 0. The summed E-state index contributed by atoms with van der Waals surface area (Å²) in [6.45, 7) is 4.14. The second kappa shape index (κ2) is 4.71. The maximum Gasteiger partial charge on any atom is 0.0888 e. The average Bonchev–Trinajstić information content (AvgIpc) is 2.32. The van der Waals surface area contributed by atoms with Crippen LogP contribution in [0.2, 0.25) is 0 Å². The van der Waals surface area contributed by atoms with E-state index in [1.54, 1.807) is 0 Å². The number of hydrogen-bond acceptors (Lipinski definition) is 2. The van der Waals surface area contributed by atoms with E-state index in [0.717, 1.165) is 11.4 Å². The molecule has 0 aliphatic carbocycles. The maximum absolute atomic E-state index is 4.26. The Balaban J connectivity index is 2.28. The van der Waals surface area contributed by atoms with Crippen LogP contribution < -0.4 is 0 Å². The van der Waals surface area contributed by atoms with Crippen LogP contribution in [-0.4, -0.2) is 0 Å². The number of aryl methyl sites for hydroxylation is 1. The van der Waals surface area contributed by atoms with E-state index >= 15 is 0 Å². The molecule has 0 aromatic heterocycles. The molecule has 0 saturated carbocycles. The molecule has 0 bridgehead atoms. The number of benzene rings is 2. The lowest BCUT2D eigenvalue weighted by molar-refractivity contribution is 1.19. The lowest BCUT2D eigenvalue weighted by Crippen LogP contribution is -1.79. The fraction of sp³-hybridized carbons (Fsp3) is 0.143. The first-order chi connectivity index (χ1) is 7.77. The Morgan fingerprint density at radius 2 is 1.50 bits per heavy atom. The normalized spacial score (nSPS) is 10.9. The van der Waals surface area contributed by atoms with Gasteiger partial charge in [0.05, 0.1) is 11.4 Å². The first kappa shape index (κ1) is 10.6. The third-order valence-electron chi connectivity index (χ3n) is 2.61. The molecule has 0 saturated heterocycles. The smallest absolute Gasteiger partial charge is 0.0888 e. The molecular formula is C14H14N2. The number of nitrogens with zero attached hydrogens (tertiary/aromatic N) is 2. The SMILES string of the molecule is Cc1cccc(N=Nc2ccccc2)c1C. The van der Waals surface area contributed by atoms with Crippen LogP contribution in [0.1, 0.15) is 11.1 Å². The van der Waals surface area contributed by atoms with Crippen molar-refractivity contribution in [3.05, 3.63) is 59.7 Å². The van der Waals surface area contributed by atoms with Gasteiger partial charge in [-0.3, -0.25) is 0 Å². The molecule has 2 nitrogen and oxygen atoms in total. The van der Waals surface area contributed by atoms with Crippen molar-refractivity contribution < 1.29 is 0 Å². The zero-order valence-corrected chi connectivity index (χ0v) is 9.51. The molecule has 80 valence electrons. The summed E-state index contributed by atoms with van der Waals surface area (Å²) in [5.41, 5.74) is 4.24. The van der Waals surface area contributed by atoms with E-state index in [9.17, 15) is 0 Å². The summed E-state index contributed by atoms with van der Waals surface area (Å²) >= 11 is 0. The van der Waals surface area contributed by atoms with E-state index in [1.165, 1.54) is 11.1 Å². The van der Waals surface area contributed by atoms with Crippen molar-refractivity contribution in [1.82, 2.24) is 0 Å². The van der Waals surface area contributed by atoms with Crippen LogP contribution in [0.5, 0.6) is 0 Å². The summed E-state index contributed by atoms with van der Waals surface area (Å²) in [5, 5.41) is 8.47. The van der Waals surface area contributed by atoms with E-state index in [1.807, 2.05) is 42.5 Å². The quantitative estimate of drug-likeness (QED) is 0.641. The van der Waals surface area contributed by atoms with Crippen molar-refractivity contribution in [3.63, 3.8) is 0 Å². The highest BCUT2D eigenvalue weighted by molar-refractivity contribution is 5.49. The van der Waals surface area contributed by atoms with Crippen LogP contribution in [0.15, 0.2) is 58.8 Å². The lowest BCUT2D eigenvalue weighted by atomic mass is 10.1. The Hall–Kier alpha value is -1.96. The second-order valence-corrected chi connectivity index (χ2v) is 3.75. The van der Waals surface area contributed by atoms with Gasteiger partial charge in [0.15, 0.2) is 0 Å². The molecule has 0 heterocycles. The number of azo groups is 1. The van der Waals surface area contributed by atoms with Gasteiger partial charge >= 0.3 is 0 Å². The topological polar surface area (TPSA) is 24.7 Å². The molecule has 0 radical (unpaired) electrons. The van der Waals surface area contributed by atoms with Gasteiger partial charge in [-0.1, -0.05) is 30.3 Å². The van der Waals surface area contributed by atoms with Gasteiger partial charge in [-0.15, -0.1) is 0 Å². The Morgan fingerprint density at radius 1 is 0.750 bits per heavy atom. The van der Waals surface area contributed by atoms with Gasteiger partial charge in [0.1, 0.15) is 0 Å². The molecule has 0 spiro atoms. The Bertz CT molecular complexity index is 501. The molecule has 0 unspecified atom stereocenters. The van der Waals surface area contributed by atoms with E-state index in [2.05, 4.69) is 30.1 Å². The minimum Gasteiger partial charge on any atom is -0.151 e. The Labute approximate surface area is 95.7 Å². The first-order valence-electron chi connectivity index (χ1n) is 5.30. The van der Waals surface area contributed by atoms with Crippen LogP contribution in [0.3, 0.4) is 0 Å². The molecule has 2 heteroatoms. The van der Waals surface area contributed by atoms with Gasteiger partial charge in [-0.2, -0.15) is 10.2 Å². The van der Waals surface area contributed by atoms with Crippen LogP contribution in [0, 0.1) is 13.8 Å². The molecule has 0 atom stereocenters. The monoisotopic (exact) mass is 210 g/mol. The highest BCUT2D eigenvalue weighted by Gasteiger charge is 1.98. The second-order valence-electron chi connectivity index (χ2n) is 3.75. The molecule has 0 fully saturated rings. The highest BCUT2D eigenvalue weighted by Crippen LogP contribution is 2.23. The molecule has 0 aliphatic rings. The minimum atomic E-state index is 0.878. The van der Waals surface area contributed by atoms with Gasteiger partial charge < -0.3 is 0 Å². The van der Waals surface area contributed by atoms with Crippen molar-refractivity contribution in [2.45, 2.75) is 13.8 Å². The zero-order chi connectivity index (χ0) is 11.4. The summed E-state index contributed by atoms with van der Waals surface area (Å²) in [4.78, 5) is 0. The predicted molar refractivity (Wildman–Crippen MR) is 66.5 cm³/mol. The van der Waals surface area contributed by atoms with Crippen molar-refractivity contribution in [2.24, 2.45) is 10.2 Å². The van der Waals surface area contributed by atoms with E-state index in [4.69, 9.17) is 0 Å². The molecule has 0 aliphatic heterocycles. The van der Waals surface area contributed by atoms with Crippen LogP contribution in [0.25, 0.3) is 0 Å². The molecule has 2 rings (SSSR count). The molecule has 0 amide bonds. The zero-order valence-electron chi connectivity index (χ0n) is 9.51. The molecule has 2 aromatic rings. The van der Waals surface area contributed by atoms with Crippen molar-refractivity contribution in [2.75, 3.05) is 0 Å². The van der Waals surface area contributed by atoms with Gasteiger partial charge in [0, 0.05) is 0 Å². The third kappa shape index (κ3) is 2.34. The predicted octanol–water partition coefficient (Wildman–Crippen LogP) is 4.72. The van der Waals surface area contributed by atoms with E-state index in [0.29, 0.717) is 0 Å². The van der Waals surface area contributed by atoms with Crippen LogP contribution >= 0.6 is 0 Å². The molecule has 2 aromatic carbocycles. The summed E-state index contributed by atoms with van der Waals surface area (Å²) in [6, 6.07) is 15.8. The lowest BCUT2D eigenvalue weighted by Gasteiger charge is -2.01. The number of rotatable bonds is 2. The van der Waals surface area contributed by atoms with Gasteiger partial charge in [-0.05, 0) is 43.2 Å². The largest absolute Gasteiger partial charge is 0.151 e. The van der Waals surface area contributed by atoms with E-state index < -0.39 is 0 Å². The number of hydrogen-bond donors (Lipinski definition) is 0. The van der Waals surface area contributed by atoms with Crippen LogP contribution in [-0.2, 0) is 0 Å². The fourth-order valence-electron chi connectivity index (χ4n) is 1.45. The van der Waals surface area contributed by atoms with Gasteiger partial charge in [0.2, 0.25) is 0 Å². The van der Waals surface area contributed by atoms with Crippen molar-refractivity contribution in [1.29, 1.82) is 0 Å². The third-order valence-corrected chi connectivity index (χ3v) is 2.61. The Kier molecular flexibility index (Phi) is 3.10. The van der Waals surface area contributed by atoms with Gasteiger partial charge in [0.25, 0.3) is 0 Å². The summed E-state index contributed by atoms with van der Waals surface area (Å²) in [5.74, 6) is 0.